The summed E-state index contributed by atoms with van der Waals surface area (Å²) in [6.45, 7) is 10.6. The number of piperazine rings is 1. The summed E-state index contributed by atoms with van der Waals surface area (Å²) in [5, 5.41) is 2.83. The molecule has 1 saturated heterocycles. The van der Waals surface area contributed by atoms with E-state index >= 15 is 0 Å². The lowest BCUT2D eigenvalue weighted by Crippen LogP contribution is -2.48. The van der Waals surface area contributed by atoms with E-state index in [0.29, 0.717) is 23.4 Å². The van der Waals surface area contributed by atoms with Crippen LogP contribution in [-0.2, 0) is 4.74 Å². The summed E-state index contributed by atoms with van der Waals surface area (Å²) in [5.74, 6) is 2.07. The molecule has 1 saturated carbocycles. The number of aryl methyl sites for hydroxylation is 1. The normalized spacial score (nSPS) is 21.3. The Balaban J connectivity index is 1.41. The van der Waals surface area contributed by atoms with Gasteiger partial charge in [-0.25, -0.2) is 9.78 Å². The Bertz CT molecular complexity index is 1300. The molecule has 0 bridgehead atoms. The summed E-state index contributed by atoms with van der Waals surface area (Å²) in [6.07, 6.45) is 8.55. The van der Waals surface area contributed by atoms with Crippen LogP contribution in [0.25, 0.3) is 16.8 Å². The Morgan fingerprint density at radius 2 is 2.00 bits per heavy atom. The van der Waals surface area contributed by atoms with Crippen LogP contribution in [0.15, 0.2) is 30.6 Å². The number of hydrogen-bond donors (Lipinski definition) is 1. The van der Waals surface area contributed by atoms with Gasteiger partial charge in [-0.3, -0.25) is 19.6 Å². The minimum Gasteiger partial charge on any atom is -0.495 e. The van der Waals surface area contributed by atoms with E-state index in [1.807, 2.05) is 44.4 Å². The van der Waals surface area contributed by atoms with Crippen molar-refractivity contribution in [3.63, 3.8) is 0 Å². The minimum atomic E-state index is -0.479. The van der Waals surface area contributed by atoms with E-state index in [1.165, 1.54) is 6.42 Å². The molecule has 1 aliphatic heterocycles. The Hall–Kier alpha value is -3.17. The average molecular weight is 535 g/mol. The lowest BCUT2D eigenvalue weighted by Gasteiger charge is -2.36. The van der Waals surface area contributed by atoms with Gasteiger partial charge in [0.25, 0.3) is 0 Å². The number of benzene rings is 1. The highest BCUT2D eigenvalue weighted by Crippen LogP contribution is 2.40. The summed E-state index contributed by atoms with van der Waals surface area (Å²) >= 11 is 0. The van der Waals surface area contributed by atoms with Crippen LogP contribution in [0.5, 0.6) is 5.75 Å². The van der Waals surface area contributed by atoms with Crippen molar-refractivity contribution in [1.82, 2.24) is 24.2 Å². The number of carbonyl (C=O) groups is 1. The van der Waals surface area contributed by atoms with Crippen molar-refractivity contribution in [3.8, 4) is 17.0 Å². The highest BCUT2D eigenvalue weighted by Gasteiger charge is 2.34. The maximum Gasteiger partial charge on any atom is 0.412 e. The van der Waals surface area contributed by atoms with E-state index in [-0.39, 0.29) is 6.10 Å². The van der Waals surface area contributed by atoms with Crippen LogP contribution in [0, 0.1) is 6.92 Å². The van der Waals surface area contributed by atoms with Crippen molar-refractivity contribution in [1.29, 1.82) is 0 Å². The molecule has 3 atom stereocenters. The van der Waals surface area contributed by atoms with E-state index < -0.39 is 6.09 Å². The van der Waals surface area contributed by atoms with Crippen molar-refractivity contribution < 1.29 is 14.3 Å². The molecule has 2 aromatic heterocycles. The number of fused-ring (bicyclic) bond motifs is 1. The van der Waals surface area contributed by atoms with Gasteiger partial charge in [-0.2, -0.15) is 0 Å². The third-order valence-corrected chi connectivity index (χ3v) is 8.30. The minimum absolute atomic E-state index is 0.141. The second-order valence-corrected chi connectivity index (χ2v) is 11.1. The number of imidazole rings is 1. The first-order chi connectivity index (χ1) is 18.9. The molecule has 9 heteroatoms. The van der Waals surface area contributed by atoms with Crippen LogP contribution in [0.2, 0.25) is 0 Å². The van der Waals surface area contributed by atoms with Gasteiger partial charge >= 0.3 is 6.09 Å². The van der Waals surface area contributed by atoms with Crippen LogP contribution >= 0.6 is 0 Å². The van der Waals surface area contributed by atoms with E-state index in [4.69, 9.17) is 14.5 Å². The fraction of sp³-hybridized carbons (Fsp3) is 0.567. The second-order valence-electron chi connectivity index (χ2n) is 11.1. The number of rotatable bonds is 8. The van der Waals surface area contributed by atoms with E-state index in [9.17, 15) is 4.79 Å². The van der Waals surface area contributed by atoms with Gasteiger partial charge in [0.2, 0.25) is 0 Å². The number of hydrogen-bond acceptors (Lipinski definition) is 7. The van der Waals surface area contributed by atoms with Crippen molar-refractivity contribution in [2.75, 3.05) is 45.7 Å². The number of anilines is 1. The first-order valence-electron chi connectivity index (χ1n) is 14.3. The highest BCUT2D eigenvalue weighted by molar-refractivity contribution is 5.89. The summed E-state index contributed by atoms with van der Waals surface area (Å²) in [6, 6.07) is 6.39. The number of likely N-dealkylation sites (N-methyl/N-ethyl adjacent to an activating group) is 1. The lowest BCUT2D eigenvalue weighted by atomic mass is 10.1. The number of aromatic nitrogens is 3. The predicted molar refractivity (Wildman–Crippen MR) is 154 cm³/mol. The van der Waals surface area contributed by atoms with Gasteiger partial charge in [0.15, 0.2) is 0 Å². The van der Waals surface area contributed by atoms with Gasteiger partial charge in [0.05, 0.1) is 29.7 Å². The summed E-state index contributed by atoms with van der Waals surface area (Å²) in [5.41, 5.74) is 4.35. The van der Waals surface area contributed by atoms with E-state index in [1.54, 1.807) is 7.11 Å². The number of ether oxygens (including phenoxy) is 2. The van der Waals surface area contributed by atoms with Gasteiger partial charge in [0.1, 0.15) is 17.7 Å². The number of nitrogens with one attached hydrogen (secondary N) is 1. The Kier molecular flexibility index (Phi) is 8.37. The first-order valence-corrected chi connectivity index (χ1v) is 14.3. The maximum atomic E-state index is 12.4. The molecule has 3 aromatic rings. The third-order valence-electron chi connectivity index (χ3n) is 8.30. The quantitative estimate of drug-likeness (QED) is 0.418. The Morgan fingerprint density at radius 3 is 2.74 bits per heavy atom. The summed E-state index contributed by atoms with van der Waals surface area (Å²) in [7, 11) is 3.82. The molecule has 1 N–H and O–H groups in total. The molecule has 0 radical (unpaired) electrons. The van der Waals surface area contributed by atoms with E-state index in [0.717, 1.165) is 80.2 Å². The molecule has 2 aliphatic rings. The van der Waals surface area contributed by atoms with Crippen LogP contribution in [0.4, 0.5) is 10.5 Å². The molecular formula is C30H42N6O3. The number of nitrogens with zero attached hydrogens (tertiary/aromatic N) is 5. The number of carbonyl (C=O) groups excluding carboxylic acids is 1. The zero-order chi connectivity index (χ0) is 27.5. The molecule has 1 aromatic carbocycles. The molecule has 1 amide bonds. The molecule has 2 unspecified atom stereocenters. The molecule has 1 aliphatic carbocycles. The third kappa shape index (κ3) is 5.89. The maximum absolute atomic E-state index is 12.4. The lowest BCUT2D eigenvalue weighted by molar-refractivity contribution is 0.113. The molecule has 210 valence electrons. The highest BCUT2D eigenvalue weighted by atomic mass is 16.6. The number of methoxy groups -OCH3 is 1. The fourth-order valence-electron chi connectivity index (χ4n) is 6.15. The molecule has 39 heavy (non-hydrogen) atoms. The van der Waals surface area contributed by atoms with Gasteiger partial charge in [-0.05, 0) is 58.7 Å². The van der Waals surface area contributed by atoms with Crippen LogP contribution < -0.4 is 10.1 Å². The van der Waals surface area contributed by atoms with Gasteiger partial charge in [-0.15, -0.1) is 0 Å². The first kappa shape index (κ1) is 27.4. The second kappa shape index (κ2) is 11.9. The van der Waals surface area contributed by atoms with Gasteiger partial charge in [-0.1, -0.05) is 19.4 Å². The standard InChI is InChI=1S/C30H42N6O3/c1-6-7-20(2)39-30(37)32-25-11-9-22(19-26(25)38-5)27-28-21(3)31-12-13-36(28)29(33-27)23-8-10-24(18-23)35-16-14-34(4)15-17-35/h9,11-13,19-20,23-24H,6-8,10,14-18H2,1-5H3,(H,32,37)/t20-,23?,24?/m0/s1. The number of amides is 1. The fourth-order valence-corrected chi connectivity index (χ4v) is 6.15. The molecule has 0 spiro atoms. The van der Waals surface area contributed by atoms with Crippen LogP contribution in [0.1, 0.15) is 63.4 Å². The Labute approximate surface area is 231 Å². The molecule has 9 nitrogen and oxygen atoms in total. The van der Waals surface area contributed by atoms with Gasteiger partial charge in [0, 0.05) is 56.1 Å². The molecular weight excluding hydrogens is 492 g/mol. The largest absolute Gasteiger partial charge is 0.495 e. The molecule has 5 rings (SSSR count). The summed E-state index contributed by atoms with van der Waals surface area (Å²) in [4.78, 5) is 27.4. The van der Waals surface area contributed by atoms with Gasteiger partial charge < -0.3 is 14.4 Å². The van der Waals surface area contributed by atoms with Crippen molar-refractivity contribution >= 4 is 17.3 Å². The Morgan fingerprint density at radius 1 is 1.21 bits per heavy atom. The molecule has 3 heterocycles. The predicted octanol–water partition coefficient (Wildman–Crippen LogP) is 5.33. The van der Waals surface area contributed by atoms with E-state index in [2.05, 4.69) is 38.5 Å². The van der Waals surface area contributed by atoms with Crippen molar-refractivity contribution in [2.24, 2.45) is 0 Å². The SMILES string of the molecule is CCC[C@H](C)OC(=O)Nc1ccc(-c2nc(C3CCC(N4CCN(C)CC4)C3)n3ccnc(C)c23)cc1OC. The summed E-state index contributed by atoms with van der Waals surface area (Å²) < 4.78 is 13.4. The zero-order valence-corrected chi connectivity index (χ0v) is 23.9. The van der Waals surface area contributed by atoms with Crippen LogP contribution in [-0.4, -0.2) is 82.7 Å². The molecule has 2 fully saturated rings. The topological polar surface area (TPSA) is 84.2 Å². The van der Waals surface area contributed by atoms with Crippen LogP contribution in [0.3, 0.4) is 0 Å². The monoisotopic (exact) mass is 534 g/mol. The van der Waals surface area contributed by atoms with Crippen molar-refractivity contribution in [2.45, 2.75) is 70.9 Å². The van der Waals surface area contributed by atoms with Crippen molar-refractivity contribution in [3.05, 3.63) is 42.1 Å². The zero-order valence-electron chi connectivity index (χ0n) is 23.9. The average Bonchev–Trinajstić information content (AvgIpc) is 3.55. The smallest absolute Gasteiger partial charge is 0.412 e.